The van der Waals surface area contributed by atoms with E-state index in [2.05, 4.69) is 15.0 Å². The van der Waals surface area contributed by atoms with Gasteiger partial charge in [-0.3, -0.25) is 4.79 Å². The van der Waals surface area contributed by atoms with Gasteiger partial charge in [-0.2, -0.15) is 0 Å². The third-order valence-corrected chi connectivity index (χ3v) is 5.61. The summed E-state index contributed by atoms with van der Waals surface area (Å²) in [4.78, 5) is 24.2. The van der Waals surface area contributed by atoms with E-state index >= 15 is 0 Å². The second-order valence-corrected chi connectivity index (χ2v) is 9.31. The fraction of sp³-hybridized carbons (Fsp3) is 0.273. The number of alkyl halides is 3. The first-order valence-electron chi connectivity index (χ1n) is 9.84. The smallest absolute Gasteiger partial charge is 0.480 e. The van der Waals surface area contributed by atoms with Crippen LogP contribution < -0.4 is 4.74 Å². The molecule has 3 aromatic rings. The van der Waals surface area contributed by atoms with Gasteiger partial charge in [0, 0.05) is 4.90 Å². The van der Waals surface area contributed by atoms with Crippen LogP contribution in [0.25, 0.3) is 0 Å². The van der Waals surface area contributed by atoms with Crippen molar-refractivity contribution in [2.24, 2.45) is 0 Å². The molecule has 0 fully saturated rings. The Balaban J connectivity index is 1.51. The minimum Gasteiger partial charge on any atom is -0.480 e. The zero-order valence-electron chi connectivity index (χ0n) is 18.1. The monoisotopic (exact) mass is 495 g/mol. The SMILES string of the molecule is CC(C)(Sc1ccc(C(=O)OCc2cn(Cc3ccc(OC(F)(F)F)cc3)nn2)cc1)C(=O)O. The van der Waals surface area contributed by atoms with E-state index in [1.54, 1.807) is 44.3 Å². The summed E-state index contributed by atoms with van der Waals surface area (Å²) in [7, 11) is 0. The molecule has 0 amide bonds. The molecule has 1 heterocycles. The molecule has 0 atom stereocenters. The average Bonchev–Trinajstić information content (AvgIpc) is 3.20. The lowest BCUT2D eigenvalue weighted by Gasteiger charge is -2.18. The van der Waals surface area contributed by atoms with Gasteiger partial charge in [0.25, 0.3) is 0 Å². The standard InChI is InChI=1S/C22H20F3N3O5S/c1-21(2,20(30)31)34-18-9-5-15(6-10-18)19(29)32-13-16-12-28(27-26-16)11-14-3-7-17(8-4-14)33-22(23,24)25/h3-10,12H,11,13H2,1-2H3,(H,30,31). The number of thioether (sulfide) groups is 1. The summed E-state index contributed by atoms with van der Waals surface area (Å²) in [6.45, 7) is 3.30. The predicted molar refractivity (Wildman–Crippen MR) is 115 cm³/mol. The van der Waals surface area contributed by atoms with E-state index in [1.807, 2.05) is 0 Å². The lowest BCUT2D eigenvalue weighted by Crippen LogP contribution is -2.26. The van der Waals surface area contributed by atoms with Crippen LogP contribution in [0.4, 0.5) is 13.2 Å². The van der Waals surface area contributed by atoms with E-state index in [-0.39, 0.29) is 18.9 Å². The number of carboxylic acids is 1. The van der Waals surface area contributed by atoms with Crippen molar-refractivity contribution in [3.05, 3.63) is 71.5 Å². The number of aromatic nitrogens is 3. The van der Waals surface area contributed by atoms with Gasteiger partial charge >= 0.3 is 18.3 Å². The Labute approximate surface area is 196 Å². The molecule has 2 aromatic carbocycles. The topological polar surface area (TPSA) is 104 Å². The number of nitrogens with zero attached hydrogens (tertiary/aromatic N) is 3. The summed E-state index contributed by atoms with van der Waals surface area (Å²) in [5, 5.41) is 17.0. The van der Waals surface area contributed by atoms with E-state index in [0.29, 0.717) is 21.7 Å². The quantitative estimate of drug-likeness (QED) is 0.341. The third kappa shape index (κ3) is 7.24. The largest absolute Gasteiger partial charge is 0.573 e. The molecule has 0 saturated carbocycles. The summed E-state index contributed by atoms with van der Waals surface area (Å²) < 4.78 is 46.2. The van der Waals surface area contributed by atoms with Crippen molar-refractivity contribution in [1.82, 2.24) is 15.0 Å². The van der Waals surface area contributed by atoms with Crippen molar-refractivity contribution in [1.29, 1.82) is 0 Å². The normalized spacial score (nSPS) is 11.8. The minimum absolute atomic E-state index is 0.125. The highest BCUT2D eigenvalue weighted by molar-refractivity contribution is 8.01. The minimum atomic E-state index is -4.75. The Morgan fingerprint density at radius 1 is 1.06 bits per heavy atom. The fourth-order valence-electron chi connectivity index (χ4n) is 2.69. The van der Waals surface area contributed by atoms with Crippen LogP contribution in [0.1, 0.15) is 35.5 Å². The van der Waals surface area contributed by atoms with Gasteiger partial charge in [0.15, 0.2) is 0 Å². The van der Waals surface area contributed by atoms with Gasteiger partial charge in [0.1, 0.15) is 22.8 Å². The molecule has 0 spiro atoms. The highest BCUT2D eigenvalue weighted by Crippen LogP contribution is 2.32. The molecule has 3 rings (SSSR count). The molecule has 180 valence electrons. The summed E-state index contributed by atoms with van der Waals surface area (Å²) in [5.41, 5.74) is 1.36. The highest BCUT2D eigenvalue weighted by atomic mass is 32.2. The summed E-state index contributed by atoms with van der Waals surface area (Å²) in [6.07, 6.45) is -3.20. The number of carboxylic acid groups (broad SMARTS) is 1. The molecular formula is C22H20F3N3O5S. The first-order chi connectivity index (χ1) is 15.9. The maximum absolute atomic E-state index is 12.3. The number of ether oxygens (including phenoxy) is 2. The van der Waals surface area contributed by atoms with Gasteiger partial charge in [-0.1, -0.05) is 17.3 Å². The predicted octanol–water partition coefficient (Wildman–Crippen LogP) is 4.54. The van der Waals surface area contributed by atoms with Crippen LogP contribution in [0.15, 0.2) is 59.6 Å². The number of esters is 1. The Morgan fingerprint density at radius 2 is 1.71 bits per heavy atom. The van der Waals surface area contributed by atoms with Crippen LogP contribution in [-0.2, 0) is 22.7 Å². The molecule has 0 unspecified atom stereocenters. The van der Waals surface area contributed by atoms with Crippen LogP contribution >= 0.6 is 11.8 Å². The van der Waals surface area contributed by atoms with E-state index in [9.17, 15) is 27.9 Å². The molecule has 0 saturated heterocycles. The van der Waals surface area contributed by atoms with Gasteiger partial charge in [-0.25, -0.2) is 9.48 Å². The van der Waals surface area contributed by atoms with Crippen molar-refractivity contribution in [3.8, 4) is 5.75 Å². The Kier molecular flexibility index (Phi) is 7.50. The molecule has 0 bridgehead atoms. The second kappa shape index (κ2) is 10.2. The Hall–Kier alpha value is -3.54. The van der Waals surface area contributed by atoms with Crippen LogP contribution in [0.5, 0.6) is 5.75 Å². The zero-order valence-corrected chi connectivity index (χ0v) is 18.9. The summed E-state index contributed by atoms with van der Waals surface area (Å²) in [6, 6.07) is 11.7. The summed E-state index contributed by atoms with van der Waals surface area (Å²) in [5.74, 6) is -1.84. The van der Waals surface area contributed by atoms with Crippen LogP contribution in [0, 0.1) is 0 Å². The number of aliphatic carboxylic acids is 1. The maximum atomic E-state index is 12.3. The lowest BCUT2D eigenvalue weighted by molar-refractivity contribution is -0.274. The number of rotatable bonds is 9. The van der Waals surface area contributed by atoms with Crippen molar-refractivity contribution in [2.75, 3.05) is 0 Å². The van der Waals surface area contributed by atoms with Gasteiger partial charge < -0.3 is 14.6 Å². The van der Waals surface area contributed by atoms with E-state index in [4.69, 9.17) is 4.74 Å². The molecule has 1 aromatic heterocycles. The molecule has 34 heavy (non-hydrogen) atoms. The molecule has 8 nitrogen and oxygen atoms in total. The zero-order chi connectivity index (χ0) is 24.9. The van der Waals surface area contributed by atoms with Crippen LogP contribution in [0.3, 0.4) is 0 Å². The molecule has 0 radical (unpaired) electrons. The molecule has 0 aliphatic rings. The van der Waals surface area contributed by atoms with Crippen LogP contribution in [-0.4, -0.2) is 43.1 Å². The van der Waals surface area contributed by atoms with Gasteiger partial charge in [-0.15, -0.1) is 30.0 Å². The van der Waals surface area contributed by atoms with Crippen LogP contribution in [0.2, 0.25) is 0 Å². The van der Waals surface area contributed by atoms with Crippen molar-refractivity contribution in [2.45, 2.75) is 43.0 Å². The lowest BCUT2D eigenvalue weighted by atomic mass is 10.2. The van der Waals surface area contributed by atoms with Gasteiger partial charge in [0.05, 0.1) is 18.3 Å². The maximum Gasteiger partial charge on any atom is 0.573 e. The third-order valence-electron chi connectivity index (χ3n) is 4.42. The number of benzene rings is 2. The van der Waals surface area contributed by atoms with Crippen molar-refractivity contribution >= 4 is 23.7 Å². The average molecular weight is 495 g/mol. The molecule has 1 N–H and O–H groups in total. The van der Waals surface area contributed by atoms with Crippen molar-refractivity contribution < 1.29 is 37.3 Å². The van der Waals surface area contributed by atoms with E-state index in [1.165, 1.54) is 28.9 Å². The first-order valence-corrected chi connectivity index (χ1v) is 10.7. The number of halogens is 3. The Bertz CT molecular complexity index is 1150. The molecule has 12 heteroatoms. The molecule has 0 aliphatic heterocycles. The Morgan fingerprint density at radius 3 is 2.29 bits per heavy atom. The van der Waals surface area contributed by atoms with E-state index in [0.717, 1.165) is 11.8 Å². The fourth-order valence-corrected chi connectivity index (χ4v) is 3.63. The van der Waals surface area contributed by atoms with E-state index < -0.39 is 23.0 Å². The number of hydrogen-bond donors (Lipinski definition) is 1. The number of carbonyl (C=O) groups is 2. The van der Waals surface area contributed by atoms with Gasteiger partial charge in [-0.05, 0) is 55.8 Å². The number of carbonyl (C=O) groups excluding carboxylic acids is 1. The second-order valence-electron chi connectivity index (χ2n) is 7.62. The number of hydrogen-bond acceptors (Lipinski definition) is 7. The molecule has 0 aliphatic carbocycles. The highest BCUT2D eigenvalue weighted by Gasteiger charge is 2.31. The first kappa shape index (κ1) is 25.1. The van der Waals surface area contributed by atoms with Gasteiger partial charge in [0.2, 0.25) is 0 Å². The van der Waals surface area contributed by atoms with Crippen molar-refractivity contribution in [3.63, 3.8) is 0 Å². The summed E-state index contributed by atoms with van der Waals surface area (Å²) >= 11 is 1.16. The molecular weight excluding hydrogens is 475 g/mol.